The molecule has 0 aliphatic carbocycles. The van der Waals surface area contributed by atoms with E-state index in [2.05, 4.69) is 0 Å². The Kier molecular flexibility index (Phi) is 2.85. The van der Waals surface area contributed by atoms with Gasteiger partial charge in [-0.1, -0.05) is 30.3 Å². The van der Waals surface area contributed by atoms with Gasteiger partial charge in [0, 0.05) is 0 Å². The molecule has 1 N–H and O–H groups in total. The summed E-state index contributed by atoms with van der Waals surface area (Å²) in [7, 11) is 1.01. The lowest BCUT2D eigenvalue weighted by Crippen LogP contribution is -1.95. The van der Waals surface area contributed by atoms with Gasteiger partial charge in [-0.25, -0.2) is 5.73 Å². The summed E-state index contributed by atoms with van der Waals surface area (Å²) in [6.07, 6.45) is 0. The zero-order valence-corrected chi connectivity index (χ0v) is 6.73. The fourth-order valence-electron chi connectivity index (χ4n) is 0.696. The first-order chi connectivity index (χ1) is 4.79. The Morgan fingerprint density at radius 3 is 2.40 bits per heavy atom. The van der Waals surface area contributed by atoms with Gasteiger partial charge in [0.25, 0.3) is 0 Å². The van der Waals surface area contributed by atoms with Gasteiger partial charge in [0.1, 0.15) is 0 Å². The molecule has 0 aliphatic heterocycles. The molecule has 51 valence electrons. The molecule has 0 aromatic heterocycles. The van der Waals surface area contributed by atoms with Crippen LogP contribution in [0.5, 0.6) is 0 Å². The van der Waals surface area contributed by atoms with Crippen molar-refractivity contribution in [2.75, 3.05) is 0 Å². The Morgan fingerprint density at radius 2 is 1.90 bits per heavy atom. The molecule has 0 aliphatic rings. The molecule has 0 saturated carbocycles. The fourth-order valence-corrected chi connectivity index (χ4v) is 1.40. The Balaban J connectivity index is 2.59. The molecule has 0 unspecified atom stereocenters. The van der Waals surface area contributed by atoms with E-state index in [1.165, 1.54) is 5.30 Å². The lowest BCUT2D eigenvalue weighted by atomic mass is 10.4. The van der Waals surface area contributed by atoms with Crippen LogP contribution in [0.4, 0.5) is 0 Å². The van der Waals surface area contributed by atoms with Gasteiger partial charge in [0.2, 0.25) is 0 Å². The van der Waals surface area contributed by atoms with Crippen LogP contribution in [0.2, 0.25) is 0 Å². The lowest BCUT2D eigenvalue weighted by Gasteiger charge is -1.99. The summed E-state index contributed by atoms with van der Waals surface area (Å²) < 4.78 is 0. The topological polar surface area (TPSA) is 23.8 Å². The second-order valence-electron chi connectivity index (χ2n) is 2.03. The highest BCUT2D eigenvalue weighted by Crippen LogP contribution is 2.20. The highest BCUT2D eigenvalue weighted by atomic mass is 31.1. The molecule has 0 atom stereocenters. The van der Waals surface area contributed by atoms with Gasteiger partial charge in [-0.3, -0.25) is 0 Å². The predicted molar refractivity (Wildman–Crippen MR) is 45.0 cm³/mol. The second kappa shape index (κ2) is 3.70. The minimum absolute atomic E-state index is 0.686. The number of hydrogen-bond donors (Lipinski definition) is 0. The van der Waals surface area contributed by atoms with Gasteiger partial charge in [-0.15, -0.1) is 0 Å². The highest BCUT2D eigenvalue weighted by Gasteiger charge is 1.97. The van der Waals surface area contributed by atoms with E-state index in [9.17, 15) is 0 Å². The van der Waals surface area contributed by atoms with Gasteiger partial charge in [0.15, 0.2) is 0 Å². The van der Waals surface area contributed by atoms with E-state index in [4.69, 9.17) is 5.73 Å². The number of benzene rings is 1. The van der Waals surface area contributed by atoms with Crippen LogP contribution in [0.1, 0.15) is 6.92 Å². The van der Waals surface area contributed by atoms with Crippen LogP contribution in [-0.4, -0.2) is 0 Å². The Bertz CT molecular complexity index is 184. The second-order valence-corrected chi connectivity index (χ2v) is 3.44. The van der Waals surface area contributed by atoms with E-state index >= 15 is 0 Å². The largest absolute Gasteiger partial charge is 0.244 e. The molecular formula is C8H9NP. The molecule has 1 aromatic rings. The maximum Gasteiger partial charge on any atom is 0.0810 e. The minimum Gasteiger partial charge on any atom is -0.244 e. The summed E-state index contributed by atoms with van der Waals surface area (Å²) in [5.74, 6) is 0.686. The van der Waals surface area contributed by atoms with Crippen LogP contribution in [-0.2, 0) is 0 Å². The molecule has 1 aromatic carbocycles. The zero-order chi connectivity index (χ0) is 7.40. The van der Waals surface area contributed by atoms with E-state index < -0.39 is 0 Å². The van der Waals surface area contributed by atoms with E-state index in [0.29, 0.717) is 5.78 Å². The standard InChI is InChI=1S/C8H9NP/c1-7(9)10-8-5-3-2-4-6-8/h2-6,9H,1H3. The average molecular weight is 150 g/mol. The molecule has 3 radical (unpaired) electrons. The smallest absolute Gasteiger partial charge is 0.0810 e. The quantitative estimate of drug-likeness (QED) is 0.576. The third-order valence-corrected chi connectivity index (χ3v) is 1.94. The fraction of sp³-hybridized carbons (Fsp3) is 0.125. The van der Waals surface area contributed by atoms with Crippen molar-refractivity contribution < 1.29 is 0 Å². The lowest BCUT2D eigenvalue weighted by molar-refractivity contribution is 1.21. The van der Waals surface area contributed by atoms with Crippen molar-refractivity contribution in [3.8, 4) is 0 Å². The summed E-state index contributed by atoms with van der Waals surface area (Å²) in [5, 5.41) is 1.19. The van der Waals surface area contributed by atoms with Crippen LogP contribution in [0.15, 0.2) is 30.3 Å². The van der Waals surface area contributed by atoms with Crippen LogP contribution >= 0.6 is 8.58 Å². The molecule has 0 amide bonds. The molecule has 0 bridgehead atoms. The third kappa shape index (κ3) is 2.47. The maximum atomic E-state index is 7.22. The van der Waals surface area contributed by atoms with E-state index in [1.54, 1.807) is 0 Å². The first-order valence-electron chi connectivity index (χ1n) is 3.11. The summed E-state index contributed by atoms with van der Waals surface area (Å²) in [6.45, 7) is 1.81. The molecular weight excluding hydrogens is 141 g/mol. The van der Waals surface area contributed by atoms with Crippen LogP contribution in [0, 0.1) is 5.78 Å². The highest BCUT2D eigenvalue weighted by molar-refractivity contribution is 7.50. The van der Waals surface area contributed by atoms with Crippen LogP contribution in [0.25, 0.3) is 0 Å². The Morgan fingerprint density at radius 1 is 1.30 bits per heavy atom. The van der Waals surface area contributed by atoms with Gasteiger partial charge >= 0.3 is 0 Å². The normalized spacial score (nSPS) is 11.5. The van der Waals surface area contributed by atoms with Crippen molar-refractivity contribution in [2.24, 2.45) is 0 Å². The summed E-state index contributed by atoms with van der Waals surface area (Å²) in [5.41, 5.74) is 7.22. The molecule has 0 spiro atoms. The summed E-state index contributed by atoms with van der Waals surface area (Å²) in [6, 6.07) is 10.0. The molecule has 2 heteroatoms. The predicted octanol–water partition coefficient (Wildman–Crippen LogP) is 2.05. The summed E-state index contributed by atoms with van der Waals surface area (Å²) in [4.78, 5) is 0. The summed E-state index contributed by atoms with van der Waals surface area (Å²) >= 11 is 0. The molecule has 0 heterocycles. The SMILES string of the molecule is C[C]([NH])[P]c1ccccc1. The van der Waals surface area contributed by atoms with Crippen molar-refractivity contribution in [1.29, 1.82) is 0 Å². The van der Waals surface area contributed by atoms with E-state index in [-0.39, 0.29) is 0 Å². The van der Waals surface area contributed by atoms with Crippen molar-refractivity contribution in [3.63, 3.8) is 0 Å². The maximum absolute atomic E-state index is 7.22. The van der Waals surface area contributed by atoms with Crippen molar-refractivity contribution in [1.82, 2.24) is 5.73 Å². The van der Waals surface area contributed by atoms with Gasteiger partial charge in [-0.2, -0.15) is 0 Å². The van der Waals surface area contributed by atoms with Gasteiger partial charge in [0.05, 0.1) is 5.78 Å². The molecule has 10 heavy (non-hydrogen) atoms. The first kappa shape index (κ1) is 7.71. The van der Waals surface area contributed by atoms with E-state index in [1.807, 2.05) is 37.3 Å². The van der Waals surface area contributed by atoms with Gasteiger partial charge < -0.3 is 0 Å². The Labute approximate surface area is 63.4 Å². The van der Waals surface area contributed by atoms with E-state index in [0.717, 1.165) is 8.58 Å². The Hall–Kier alpha value is -0.390. The molecule has 1 nitrogen and oxygen atoms in total. The van der Waals surface area contributed by atoms with Crippen LogP contribution in [0.3, 0.4) is 0 Å². The average Bonchev–Trinajstić information content (AvgIpc) is 1.88. The van der Waals surface area contributed by atoms with Gasteiger partial charge in [-0.05, 0) is 20.8 Å². The monoisotopic (exact) mass is 150 g/mol. The number of hydrogen-bond acceptors (Lipinski definition) is 0. The number of nitrogens with one attached hydrogen (secondary N) is 1. The van der Waals surface area contributed by atoms with Crippen molar-refractivity contribution in [3.05, 3.63) is 36.1 Å². The molecule has 0 fully saturated rings. The third-order valence-electron chi connectivity index (χ3n) is 1.05. The zero-order valence-electron chi connectivity index (χ0n) is 5.83. The van der Waals surface area contributed by atoms with Crippen molar-refractivity contribution in [2.45, 2.75) is 6.92 Å². The minimum atomic E-state index is 0.686. The number of rotatable bonds is 2. The molecule has 0 saturated heterocycles. The first-order valence-corrected chi connectivity index (χ1v) is 4.00. The molecule has 1 rings (SSSR count). The van der Waals surface area contributed by atoms with Crippen molar-refractivity contribution >= 4 is 13.9 Å². The van der Waals surface area contributed by atoms with Crippen LogP contribution < -0.4 is 11.0 Å².